The topological polar surface area (TPSA) is 65.0 Å². The van der Waals surface area contributed by atoms with Crippen LogP contribution in [0.3, 0.4) is 0 Å². The molecular formula is C5H7F3O5. The molecular weight excluding hydrogens is 197 g/mol. The van der Waals surface area contributed by atoms with Crippen LogP contribution < -0.4 is 0 Å². The zero-order valence-electron chi connectivity index (χ0n) is 6.34. The van der Waals surface area contributed by atoms with Crippen LogP contribution in [0.15, 0.2) is 0 Å². The maximum atomic E-state index is 11.6. The molecule has 0 aliphatic heterocycles. The number of alkyl halides is 3. The van der Waals surface area contributed by atoms with Crippen molar-refractivity contribution in [3.63, 3.8) is 0 Å². The van der Waals surface area contributed by atoms with Crippen LogP contribution in [-0.4, -0.2) is 37.6 Å². The van der Waals surface area contributed by atoms with Gasteiger partial charge in [0.15, 0.2) is 20.6 Å². The fraction of sp³-hybridized carbons (Fsp3) is 0.800. The quantitative estimate of drug-likeness (QED) is 0.613. The standard InChI is InChI=1S/C5H7F3O5/c6-1-11-5(4(9)10,12-2-7)13-3-8/h1-3H2,(H,9,10). The molecule has 0 amide bonds. The number of carboxylic acid groups (broad SMARTS) is 1. The van der Waals surface area contributed by atoms with Crippen molar-refractivity contribution in [2.45, 2.75) is 5.97 Å². The highest BCUT2D eigenvalue weighted by Crippen LogP contribution is 2.16. The van der Waals surface area contributed by atoms with Gasteiger partial charge in [0.1, 0.15) is 0 Å². The van der Waals surface area contributed by atoms with E-state index in [-0.39, 0.29) is 0 Å². The van der Waals surface area contributed by atoms with Crippen molar-refractivity contribution in [3.8, 4) is 0 Å². The number of carboxylic acids is 1. The Bertz CT molecular complexity index is 147. The van der Waals surface area contributed by atoms with Gasteiger partial charge in [0.05, 0.1) is 0 Å². The van der Waals surface area contributed by atoms with Crippen LogP contribution in [0.4, 0.5) is 13.2 Å². The predicted octanol–water partition coefficient (Wildman–Crippen LogP) is 0.556. The van der Waals surface area contributed by atoms with E-state index < -0.39 is 32.5 Å². The number of hydrogen-bond donors (Lipinski definition) is 1. The highest BCUT2D eigenvalue weighted by atomic mass is 19.1. The second-order valence-corrected chi connectivity index (χ2v) is 1.62. The molecule has 0 aliphatic rings. The first-order valence-electron chi connectivity index (χ1n) is 2.96. The third-order valence-electron chi connectivity index (χ3n) is 0.996. The lowest BCUT2D eigenvalue weighted by Crippen LogP contribution is -2.46. The summed E-state index contributed by atoms with van der Waals surface area (Å²) in [7, 11) is 0. The van der Waals surface area contributed by atoms with E-state index in [2.05, 4.69) is 14.2 Å². The molecule has 0 heterocycles. The van der Waals surface area contributed by atoms with Crippen LogP contribution in [0.5, 0.6) is 0 Å². The molecule has 0 radical (unpaired) electrons. The zero-order chi connectivity index (χ0) is 10.3. The lowest BCUT2D eigenvalue weighted by Gasteiger charge is -2.24. The number of hydrogen-bond acceptors (Lipinski definition) is 4. The zero-order valence-corrected chi connectivity index (χ0v) is 6.34. The Morgan fingerprint density at radius 3 is 1.54 bits per heavy atom. The maximum Gasteiger partial charge on any atom is 0.396 e. The van der Waals surface area contributed by atoms with Gasteiger partial charge in [-0.05, 0) is 0 Å². The van der Waals surface area contributed by atoms with Crippen LogP contribution in [0.25, 0.3) is 0 Å². The molecule has 0 bridgehead atoms. The second kappa shape index (κ2) is 5.73. The smallest absolute Gasteiger partial charge is 0.396 e. The Morgan fingerprint density at radius 1 is 1.08 bits per heavy atom. The first-order valence-corrected chi connectivity index (χ1v) is 2.96. The van der Waals surface area contributed by atoms with Gasteiger partial charge in [0.25, 0.3) is 0 Å². The van der Waals surface area contributed by atoms with Crippen molar-refractivity contribution in [2.75, 3.05) is 20.6 Å². The van der Waals surface area contributed by atoms with Gasteiger partial charge in [-0.15, -0.1) is 0 Å². The van der Waals surface area contributed by atoms with E-state index in [1.165, 1.54) is 0 Å². The highest BCUT2D eigenvalue weighted by molar-refractivity contribution is 5.73. The normalized spacial score (nSPS) is 11.6. The van der Waals surface area contributed by atoms with Crippen molar-refractivity contribution >= 4 is 5.97 Å². The molecule has 0 aromatic carbocycles. The van der Waals surface area contributed by atoms with Gasteiger partial charge in [-0.2, -0.15) is 0 Å². The number of carbonyl (C=O) groups is 1. The molecule has 0 rings (SSSR count). The molecule has 0 aromatic rings. The van der Waals surface area contributed by atoms with Gasteiger partial charge in [-0.1, -0.05) is 0 Å². The molecule has 0 saturated carbocycles. The van der Waals surface area contributed by atoms with Crippen molar-refractivity contribution in [1.82, 2.24) is 0 Å². The summed E-state index contributed by atoms with van der Waals surface area (Å²) in [6.45, 7) is -4.86. The largest absolute Gasteiger partial charge is 0.475 e. The summed E-state index contributed by atoms with van der Waals surface area (Å²) in [5, 5.41) is 8.34. The summed E-state index contributed by atoms with van der Waals surface area (Å²) in [6.07, 6.45) is 0. The summed E-state index contributed by atoms with van der Waals surface area (Å²) >= 11 is 0. The Labute approximate surface area is 71.0 Å². The number of halogens is 3. The lowest BCUT2D eigenvalue weighted by atomic mass is 10.5. The highest BCUT2D eigenvalue weighted by Gasteiger charge is 2.44. The minimum atomic E-state index is -3.06. The molecule has 0 aliphatic carbocycles. The Kier molecular flexibility index (Phi) is 5.35. The van der Waals surface area contributed by atoms with Crippen LogP contribution in [-0.2, 0) is 19.0 Å². The monoisotopic (exact) mass is 204 g/mol. The van der Waals surface area contributed by atoms with Gasteiger partial charge >= 0.3 is 11.9 Å². The summed E-state index contributed by atoms with van der Waals surface area (Å²) < 4.78 is 46.2. The summed E-state index contributed by atoms with van der Waals surface area (Å²) in [5.41, 5.74) is 0. The van der Waals surface area contributed by atoms with Crippen LogP contribution >= 0.6 is 0 Å². The fourth-order valence-corrected chi connectivity index (χ4v) is 0.526. The van der Waals surface area contributed by atoms with E-state index in [0.717, 1.165) is 0 Å². The van der Waals surface area contributed by atoms with E-state index in [4.69, 9.17) is 5.11 Å². The van der Waals surface area contributed by atoms with Crippen LogP contribution in [0.1, 0.15) is 0 Å². The van der Waals surface area contributed by atoms with E-state index in [1.54, 1.807) is 0 Å². The second-order valence-electron chi connectivity index (χ2n) is 1.62. The molecule has 0 saturated heterocycles. The number of aliphatic carboxylic acids is 1. The molecule has 1 N–H and O–H groups in total. The molecule has 5 nitrogen and oxygen atoms in total. The summed E-state index contributed by atoms with van der Waals surface area (Å²) in [4.78, 5) is 10.3. The van der Waals surface area contributed by atoms with Crippen molar-refractivity contribution in [1.29, 1.82) is 0 Å². The molecule has 0 spiro atoms. The van der Waals surface area contributed by atoms with E-state index in [0.29, 0.717) is 0 Å². The molecule has 0 atom stereocenters. The molecule has 8 heteroatoms. The maximum absolute atomic E-state index is 11.6. The van der Waals surface area contributed by atoms with Gasteiger partial charge in [-0.3, -0.25) is 14.2 Å². The van der Waals surface area contributed by atoms with Gasteiger partial charge in [0, 0.05) is 0 Å². The van der Waals surface area contributed by atoms with Crippen molar-refractivity contribution in [3.05, 3.63) is 0 Å². The number of ether oxygens (including phenoxy) is 3. The molecule has 13 heavy (non-hydrogen) atoms. The SMILES string of the molecule is O=C(O)C(OCF)(OCF)OCF. The van der Waals surface area contributed by atoms with E-state index in [9.17, 15) is 18.0 Å². The van der Waals surface area contributed by atoms with E-state index >= 15 is 0 Å². The van der Waals surface area contributed by atoms with Gasteiger partial charge in [0.2, 0.25) is 0 Å². The Morgan fingerprint density at radius 2 is 1.38 bits per heavy atom. The van der Waals surface area contributed by atoms with Crippen LogP contribution in [0.2, 0.25) is 0 Å². The minimum Gasteiger partial charge on any atom is -0.475 e. The molecule has 0 unspecified atom stereocenters. The van der Waals surface area contributed by atoms with Gasteiger partial charge < -0.3 is 5.11 Å². The molecule has 0 aromatic heterocycles. The minimum absolute atomic E-state index is 1.62. The predicted molar refractivity (Wildman–Crippen MR) is 31.5 cm³/mol. The molecule has 0 fully saturated rings. The fourth-order valence-electron chi connectivity index (χ4n) is 0.526. The van der Waals surface area contributed by atoms with Gasteiger partial charge in [-0.25, -0.2) is 18.0 Å². The Balaban J connectivity index is 4.48. The first-order chi connectivity index (χ1) is 6.13. The Hall–Kier alpha value is -0.860. The third-order valence-corrected chi connectivity index (χ3v) is 0.996. The first kappa shape index (κ1) is 12.1. The average molecular weight is 204 g/mol. The number of rotatable bonds is 7. The lowest BCUT2D eigenvalue weighted by molar-refractivity contribution is -0.385. The van der Waals surface area contributed by atoms with Crippen LogP contribution in [0, 0.1) is 0 Å². The summed E-state index contributed by atoms with van der Waals surface area (Å²) in [6, 6.07) is 0. The van der Waals surface area contributed by atoms with Crippen molar-refractivity contribution in [2.24, 2.45) is 0 Å². The molecule has 78 valence electrons. The average Bonchev–Trinajstić information content (AvgIpc) is 2.05. The van der Waals surface area contributed by atoms with Crippen molar-refractivity contribution < 1.29 is 37.3 Å². The third kappa shape index (κ3) is 3.17. The van der Waals surface area contributed by atoms with E-state index in [1.807, 2.05) is 0 Å². The summed E-state index contributed by atoms with van der Waals surface area (Å²) in [5.74, 6) is -5.04.